The standard InChI is InChI=1S/C18H20N2OS2/c21-18(17-15-5-11-22-16(15)6-12-23-17)20-9-3-14(4-10-20)13-1-7-19-8-2-13/h1-2,5,7-8,11,14,17H,3-4,6,9-10,12H2. The van der Waals surface area contributed by atoms with Crippen LogP contribution in [0.25, 0.3) is 0 Å². The number of likely N-dealkylation sites (tertiary alicyclic amines) is 1. The molecular weight excluding hydrogens is 324 g/mol. The van der Waals surface area contributed by atoms with Crippen LogP contribution in [-0.2, 0) is 11.2 Å². The van der Waals surface area contributed by atoms with Crippen LogP contribution in [0.5, 0.6) is 0 Å². The lowest BCUT2D eigenvalue weighted by Crippen LogP contribution is -2.40. The van der Waals surface area contributed by atoms with E-state index in [-0.39, 0.29) is 5.25 Å². The van der Waals surface area contributed by atoms with Crippen molar-refractivity contribution in [2.75, 3.05) is 18.8 Å². The smallest absolute Gasteiger partial charge is 0.240 e. The Labute approximate surface area is 145 Å². The molecule has 0 bridgehead atoms. The molecule has 2 aliphatic heterocycles. The van der Waals surface area contributed by atoms with Crippen LogP contribution in [0.1, 0.15) is 40.0 Å². The van der Waals surface area contributed by atoms with Gasteiger partial charge in [0, 0.05) is 30.4 Å². The van der Waals surface area contributed by atoms with Crippen LogP contribution >= 0.6 is 23.1 Å². The summed E-state index contributed by atoms with van der Waals surface area (Å²) in [4.78, 5) is 20.5. The van der Waals surface area contributed by atoms with Gasteiger partial charge in [-0.2, -0.15) is 0 Å². The molecule has 23 heavy (non-hydrogen) atoms. The number of hydrogen-bond donors (Lipinski definition) is 0. The van der Waals surface area contributed by atoms with Crippen LogP contribution in [0, 0.1) is 0 Å². The Balaban J connectivity index is 1.42. The Morgan fingerprint density at radius 2 is 1.96 bits per heavy atom. The van der Waals surface area contributed by atoms with E-state index in [0.717, 1.165) is 38.1 Å². The van der Waals surface area contributed by atoms with Gasteiger partial charge in [0.05, 0.1) is 0 Å². The van der Waals surface area contributed by atoms with E-state index in [2.05, 4.69) is 33.5 Å². The maximum atomic E-state index is 13.0. The minimum atomic E-state index is 0.0301. The summed E-state index contributed by atoms with van der Waals surface area (Å²) < 4.78 is 0. The van der Waals surface area contributed by atoms with Gasteiger partial charge in [0.25, 0.3) is 0 Å². The van der Waals surface area contributed by atoms with Gasteiger partial charge >= 0.3 is 0 Å². The van der Waals surface area contributed by atoms with Crippen molar-refractivity contribution in [3.05, 3.63) is 52.0 Å². The van der Waals surface area contributed by atoms with E-state index in [1.54, 1.807) is 11.3 Å². The van der Waals surface area contributed by atoms with Gasteiger partial charge in [-0.15, -0.1) is 23.1 Å². The van der Waals surface area contributed by atoms with Gasteiger partial charge in [-0.3, -0.25) is 9.78 Å². The van der Waals surface area contributed by atoms with Gasteiger partial charge < -0.3 is 4.90 Å². The Morgan fingerprint density at radius 3 is 2.74 bits per heavy atom. The lowest BCUT2D eigenvalue weighted by Gasteiger charge is -2.35. The molecule has 2 aliphatic rings. The number of rotatable bonds is 2. The number of carbonyl (C=O) groups is 1. The summed E-state index contributed by atoms with van der Waals surface area (Å²) in [5.41, 5.74) is 2.63. The number of carbonyl (C=O) groups excluding carboxylic acids is 1. The van der Waals surface area contributed by atoms with Crippen molar-refractivity contribution in [1.82, 2.24) is 9.88 Å². The van der Waals surface area contributed by atoms with E-state index in [0.29, 0.717) is 11.8 Å². The molecule has 1 unspecified atom stereocenters. The first-order chi connectivity index (χ1) is 11.3. The highest BCUT2D eigenvalue weighted by Crippen LogP contribution is 2.41. The predicted molar refractivity (Wildman–Crippen MR) is 96.0 cm³/mol. The summed E-state index contributed by atoms with van der Waals surface area (Å²) >= 11 is 3.62. The van der Waals surface area contributed by atoms with Crippen molar-refractivity contribution in [3.63, 3.8) is 0 Å². The first-order valence-corrected chi connectivity index (χ1v) is 10.1. The number of hydrogen-bond acceptors (Lipinski definition) is 4. The van der Waals surface area contributed by atoms with E-state index in [1.807, 2.05) is 24.2 Å². The second-order valence-corrected chi connectivity index (χ2v) is 8.39. The average Bonchev–Trinajstić information content (AvgIpc) is 3.11. The maximum Gasteiger partial charge on any atom is 0.240 e. The molecule has 5 heteroatoms. The van der Waals surface area contributed by atoms with Gasteiger partial charge in [-0.1, -0.05) is 0 Å². The SMILES string of the molecule is O=C(C1SCCc2sccc21)N1CCC(c2ccncc2)CC1. The number of nitrogens with zero attached hydrogens (tertiary/aromatic N) is 2. The highest BCUT2D eigenvalue weighted by molar-refractivity contribution is 8.00. The van der Waals surface area contributed by atoms with Crippen molar-refractivity contribution in [2.24, 2.45) is 0 Å². The number of aromatic nitrogens is 1. The van der Waals surface area contributed by atoms with Crippen LogP contribution in [0.3, 0.4) is 0 Å². The molecule has 4 rings (SSSR count). The second-order valence-electron chi connectivity index (χ2n) is 6.18. The molecule has 1 fully saturated rings. The summed E-state index contributed by atoms with van der Waals surface area (Å²) in [6.07, 6.45) is 6.96. The topological polar surface area (TPSA) is 33.2 Å². The summed E-state index contributed by atoms with van der Waals surface area (Å²) in [5.74, 6) is 1.96. The number of fused-ring (bicyclic) bond motifs is 1. The van der Waals surface area contributed by atoms with Crippen molar-refractivity contribution in [2.45, 2.75) is 30.4 Å². The number of thiophene rings is 1. The van der Waals surface area contributed by atoms with Crippen LogP contribution in [-0.4, -0.2) is 34.6 Å². The molecule has 0 saturated carbocycles. The third-order valence-electron chi connectivity index (χ3n) is 4.88. The lowest BCUT2D eigenvalue weighted by molar-refractivity contribution is -0.131. The largest absolute Gasteiger partial charge is 0.341 e. The molecule has 0 spiro atoms. The Kier molecular flexibility index (Phi) is 4.40. The Hall–Kier alpha value is -1.33. The average molecular weight is 345 g/mol. The first kappa shape index (κ1) is 15.2. The summed E-state index contributed by atoms with van der Waals surface area (Å²) in [6.45, 7) is 1.75. The molecule has 3 nitrogen and oxygen atoms in total. The third kappa shape index (κ3) is 3.04. The van der Waals surface area contributed by atoms with E-state index in [9.17, 15) is 4.79 Å². The van der Waals surface area contributed by atoms with Crippen LogP contribution < -0.4 is 0 Å². The van der Waals surface area contributed by atoms with Gasteiger partial charge in [0.1, 0.15) is 5.25 Å². The number of piperidine rings is 1. The molecule has 0 aliphatic carbocycles. The van der Waals surface area contributed by atoms with Gasteiger partial charge in [0.2, 0.25) is 5.91 Å². The summed E-state index contributed by atoms with van der Waals surface area (Å²) in [6, 6.07) is 6.37. The zero-order valence-electron chi connectivity index (χ0n) is 13.0. The fraction of sp³-hybridized carbons (Fsp3) is 0.444. The zero-order valence-corrected chi connectivity index (χ0v) is 14.6. The van der Waals surface area contributed by atoms with Crippen molar-refractivity contribution >= 4 is 29.0 Å². The fourth-order valence-electron chi connectivity index (χ4n) is 3.59. The quantitative estimate of drug-likeness (QED) is 0.829. The highest BCUT2D eigenvalue weighted by Gasteiger charge is 2.33. The molecule has 4 heterocycles. The fourth-order valence-corrected chi connectivity index (χ4v) is 5.96. The molecule has 1 amide bonds. The minimum absolute atomic E-state index is 0.0301. The maximum absolute atomic E-state index is 13.0. The number of pyridine rings is 1. The van der Waals surface area contributed by atoms with E-state index < -0.39 is 0 Å². The molecule has 0 aromatic carbocycles. The summed E-state index contributed by atoms with van der Waals surface area (Å²) in [5, 5.41) is 2.16. The van der Waals surface area contributed by atoms with Gasteiger partial charge in [-0.05, 0) is 65.6 Å². The number of aryl methyl sites for hydroxylation is 1. The molecule has 1 saturated heterocycles. The minimum Gasteiger partial charge on any atom is -0.341 e. The highest BCUT2D eigenvalue weighted by atomic mass is 32.2. The van der Waals surface area contributed by atoms with Crippen molar-refractivity contribution in [3.8, 4) is 0 Å². The molecule has 0 radical (unpaired) electrons. The van der Waals surface area contributed by atoms with Gasteiger partial charge in [-0.25, -0.2) is 0 Å². The van der Waals surface area contributed by atoms with Gasteiger partial charge in [0.15, 0.2) is 0 Å². The number of thioether (sulfide) groups is 1. The van der Waals surface area contributed by atoms with Crippen LogP contribution in [0.4, 0.5) is 0 Å². The van der Waals surface area contributed by atoms with Crippen molar-refractivity contribution < 1.29 is 4.79 Å². The molecule has 120 valence electrons. The van der Waals surface area contributed by atoms with E-state index in [4.69, 9.17) is 0 Å². The lowest BCUT2D eigenvalue weighted by atomic mass is 9.90. The third-order valence-corrected chi connectivity index (χ3v) is 7.11. The number of amides is 1. The van der Waals surface area contributed by atoms with Crippen molar-refractivity contribution in [1.29, 1.82) is 0 Å². The second kappa shape index (κ2) is 6.65. The predicted octanol–water partition coefficient (Wildman–Crippen LogP) is 3.88. The summed E-state index contributed by atoms with van der Waals surface area (Å²) in [7, 11) is 0. The molecule has 2 aromatic rings. The Morgan fingerprint density at radius 1 is 1.17 bits per heavy atom. The zero-order chi connectivity index (χ0) is 15.6. The van der Waals surface area contributed by atoms with Crippen LogP contribution in [0.15, 0.2) is 36.0 Å². The molecule has 0 N–H and O–H groups in total. The van der Waals surface area contributed by atoms with E-state index >= 15 is 0 Å². The molecular formula is C18H20N2OS2. The normalized spacial score (nSPS) is 21.9. The molecule has 2 aromatic heterocycles. The van der Waals surface area contributed by atoms with Crippen LogP contribution in [0.2, 0.25) is 0 Å². The molecule has 1 atom stereocenters. The first-order valence-electron chi connectivity index (χ1n) is 8.19. The van der Waals surface area contributed by atoms with E-state index in [1.165, 1.54) is 16.0 Å². The monoisotopic (exact) mass is 344 g/mol. The Bertz CT molecular complexity index is 677.